The summed E-state index contributed by atoms with van der Waals surface area (Å²) in [5, 5.41) is 6.45. The maximum atomic E-state index is 12.3. The average molecular weight is 464 g/mol. The van der Waals surface area contributed by atoms with E-state index in [4.69, 9.17) is 10.5 Å². The standard InChI is InChI=1S/C19H26BrN7O2/c1-12-8-26(17-10-29-11-22-17)5-6-27(12)15-4-3-13(7-14(15)21)23-18-19(28)25(2)9-16(20)24-18/h3-4,7,9,12,17,22H,5-6,8,10-11,21H2,1-2H3,(H,23,24)/t12-,17?/m0/s1. The molecule has 4 rings (SSSR count). The minimum Gasteiger partial charge on any atom is -0.397 e. The molecule has 29 heavy (non-hydrogen) atoms. The Morgan fingerprint density at radius 2 is 2.21 bits per heavy atom. The summed E-state index contributed by atoms with van der Waals surface area (Å²) >= 11 is 3.32. The molecule has 0 radical (unpaired) electrons. The van der Waals surface area contributed by atoms with Gasteiger partial charge >= 0.3 is 0 Å². The molecule has 0 spiro atoms. The monoisotopic (exact) mass is 463 g/mol. The van der Waals surface area contributed by atoms with Crippen LogP contribution in [0.25, 0.3) is 0 Å². The minimum absolute atomic E-state index is 0.204. The Balaban J connectivity index is 1.48. The molecule has 0 bridgehead atoms. The molecule has 10 heteroatoms. The van der Waals surface area contributed by atoms with Crippen molar-refractivity contribution in [3.05, 3.63) is 39.4 Å². The lowest BCUT2D eigenvalue weighted by molar-refractivity contribution is 0.126. The summed E-state index contributed by atoms with van der Waals surface area (Å²) in [6, 6.07) is 6.11. The predicted molar refractivity (Wildman–Crippen MR) is 117 cm³/mol. The van der Waals surface area contributed by atoms with Gasteiger partial charge in [-0.3, -0.25) is 15.0 Å². The van der Waals surface area contributed by atoms with Crippen molar-refractivity contribution in [2.24, 2.45) is 7.05 Å². The van der Waals surface area contributed by atoms with Crippen LogP contribution in [0.5, 0.6) is 0 Å². The van der Waals surface area contributed by atoms with Gasteiger partial charge in [0.05, 0.1) is 30.9 Å². The maximum Gasteiger partial charge on any atom is 0.293 e. The summed E-state index contributed by atoms with van der Waals surface area (Å²) in [5.41, 5.74) is 8.59. The van der Waals surface area contributed by atoms with Gasteiger partial charge in [0, 0.05) is 44.6 Å². The fourth-order valence-electron chi connectivity index (χ4n) is 3.93. The van der Waals surface area contributed by atoms with E-state index < -0.39 is 0 Å². The van der Waals surface area contributed by atoms with Crippen LogP contribution in [0, 0.1) is 0 Å². The Labute approximate surface area is 178 Å². The van der Waals surface area contributed by atoms with Gasteiger partial charge in [-0.15, -0.1) is 0 Å². The molecule has 2 atom stereocenters. The van der Waals surface area contributed by atoms with Gasteiger partial charge < -0.3 is 25.3 Å². The second-order valence-electron chi connectivity index (χ2n) is 7.50. The molecule has 2 fully saturated rings. The lowest BCUT2D eigenvalue weighted by Gasteiger charge is -2.43. The van der Waals surface area contributed by atoms with Crippen molar-refractivity contribution in [2.75, 3.05) is 48.9 Å². The highest BCUT2D eigenvalue weighted by Crippen LogP contribution is 2.30. The number of nitrogens with one attached hydrogen (secondary N) is 2. The first-order valence-electron chi connectivity index (χ1n) is 9.64. The number of nitrogen functional groups attached to an aromatic ring is 1. The molecule has 2 aliphatic rings. The number of ether oxygens (including phenoxy) is 1. The normalized spacial score (nSPS) is 22.8. The molecule has 1 unspecified atom stereocenters. The second kappa shape index (κ2) is 8.31. The summed E-state index contributed by atoms with van der Waals surface area (Å²) in [6.07, 6.45) is 1.92. The first-order valence-corrected chi connectivity index (χ1v) is 10.4. The zero-order valence-corrected chi connectivity index (χ0v) is 18.1. The fraction of sp³-hybridized carbons (Fsp3) is 0.474. The molecule has 156 valence electrons. The molecule has 1 aromatic heterocycles. The van der Waals surface area contributed by atoms with Gasteiger partial charge in [-0.05, 0) is 41.1 Å². The fourth-order valence-corrected chi connectivity index (χ4v) is 4.41. The molecule has 3 heterocycles. The summed E-state index contributed by atoms with van der Waals surface area (Å²) < 4.78 is 7.49. The van der Waals surface area contributed by atoms with E-state index >= 15 is 0 Å². The van der Waals surface area contributed by atoms with E-state index in [1.165, 1.54) is 4.57 Å². The molecule has 2 saturated heterocycles. The van der Waals surface area contributed by atoms with E-state index in [-0.39, 0.29) is 11.4 Å². The highest BCUT2D eigenvalue weighted by molar-refractivity contribution is 9.10. The molecule has 2 aliphatic heterocycles. The van der Waals surface area contributed by atoms with Gasteiger partial charge in [0.2, 0.25) is 0 Å². The van der Waals surface area contributed by atoms with Crippen LogP contribution in [-0.4, -0.2) is 59.6 Å². The number of hydrogen-bond acceptors (Lipinski definition) is 8. The number of benzene rings is 1. The first kappa shape index (κ1) is 20.1. The van der Waals surface area contributed by atoms with E-state index in [2.05, 4.69) is 48.3 Å². The van der Waals surface area contributed by atoms with Gasteiger partial charge in [-0.1, -0.05) is 0 Å². The number of aromatic nitrogens is 2. The summed E-state index contributed by atoms with van der Waals surface area (Å²) in [7, 11) is 1.69. The molecule has 0 amide bonds. The molecule has 2 aromatic rings. The zero-order valence-electron chi connectivity index (χ0n) is 16.6. The molecule has 0 saturated carbocycles. The van der Waals surface area contributed by atoms with Crippen LogP contribution >= 0.6 is 15.9 Å². The number of rotatable bonds is 4. The van der Waals surface area contributed by atoms with Crippen LogP contribution < -0.4 is 26.8 Å². The maximum absolute atomic E-state index is 12.3. The highest BCUT2D eigenvalue weighted by atomic mass is 79.9. The SMILES string of the molecule is C[C@H]1CN(C2COCN2)CCN1c1ccc(Nc2nc(Br)cn(C)c2=O)cc1N. The summed E-state index contributed by atoms with van der Waals surface area (Å²) in [5.74, 6) is 0.252. The number of nitrogens with zero attached hydrogens (tertiary/aromatic N) is 4. The molecule has 0 aliphatic carbocycles. The molecule has 9 nitrogen and oxygen atoms in total. The van der Waals surface area contributed by atoms with E-state index in [1.54, 1.807) is 13.2 Å². The Morgan fingerprint density at radius 3 is 2.90 bits per heavy atom. The molecule has 4 N–H and O–H groups in total. The number of aryl methyl sites for hydroxylation is 1. The van der Waals surface area contributed by atoms with Crippen molar-refractivity contribution in [1.29, 1.82) is 0 Å². The van der Waals surface area contributed by atoms with E-state index in [0.29, 0.717) is 29.2 Å². The van der Waals surface area contributed by atoms with Crippen LogP contribution in [-0.2, 0) is 11.8 Å². The van der Waals surface area contributed by atoms with Gasteiger partial charge in [0.15, 0.2) is 5.82 Å². The predicted octanol–water partition coefficient (Wildman–Crippen LogP) is 1.28. The molecular weight excluding hydrogens is 438 g/mol. The summed E-state index contributed by atoms with van der Waals surface area (Å²) in [6.45, 7) is 6.35. The zero-order chi connectivity index (χ0) is 20.5. The van der Waals surface area contributed by atoms with Crippen LogP contribution in [0.1, 0.15) is 6.92 Å². The topological polar surface area (TPSA) is 101 Å². The smallest absolute Gasteiger partial charge is 0.293 e. The second-order valence-corrected chi connectivity index (χ2v) is 8.31. The van der Waals surface area contributed by atoms with Crippen molar-refractivity contribution < 1.29 is 4.74 Å². The van der Waals surface area contributed by atoms with E-state index in [0.717, 1.165) is 37.6 Å². The van der Waals surface area contributed by atoms with Crippen molar-refractivity contribution in [3.63, 3.8) is 0 Å². The Morgan fingerprint density at radius 1 is 1.38 bits per heavy atom. The third-order valence-electron chi connectivity index (χ3n) is 5.44. The lowest BCUT2D eigenvalue weighted by Crippen LogP contribution is -2.57. The van der Waals surface area contributed by atoms with E-state index in [1.807, 2.05) is 18.2 Å². The van der Waals surface area contributed by atoms with Crippen molar-refractivity contribution in [2.45, 2.75) is 19.1 Å². The molecule has 1 aromatic carbocycles. The Kier molecular flexibility index (Phi) is 5.77. The van der Waals surface area contributed by atoms with E-state index in [9.17, 15) is 4.79 Å². The number of anilines is 4. The van der Waals surface area contributed by atoms with Crippen LogP contribution in [0.2, 0.25) is 0 Å². The van der Waals surface area contributed by atoms with Gasteiger partial charge in [-0.25, -0.2) is 4.98 Å². The number of hydrogen-bond donors (Lipinski definition) is 3. The van der Waals surface area contributed by atoms with Gasteiger partial charge in [0.1, 0.15) is 4.60 Å². The first-order chi connectivity index (χ1) is 13.9. The average Bonchev–Trinajstić information content (AvgIpc) is 3.21. The highest BCUT2D eigenvalue weighted by Gasteiger charge is 2.30. The largest absolute Gasteiger partial charge is 0.397 e. The van der Waals surface area contributed by atoms with Gasteiger partial charge in [0.25, 0.3) is 5.56 Å². The Bertz CT molecular complexity index is 945. The van der Waals surface area contributed by atoms with Crippen LogP contribution in [0.3, 0.4) is 0 Å². The number of halogens is 1. The lowest BCUT2D eigenvalue weighted by atomic mass is 10.1. The third-order valence-corrected chi connectivity index (χ3v) is 5.82. The minimum atomic E-state index is -0.204. The number of piperazine rings is 1. The summed E-state index contributed by atoms with van der Waals surface area (Å²) in [4.78, 5) is 21.3. The molecular formula is C19H26BrN7O2. The van der Waals surface area contributed by atoms with Crippen LogP contribution in [0.15, 0.2) is 33.8 Å². The third kappa shape index (κ3) is 4.25. The Hall–Kier alpha value is -2.14. The quantitative estimate of drug-likeness (QED) is 0.582. The van der Waals surface area contributed by atoms with Crippen molar-refractivity contribution in [1.82, 2.24) is 19.8 Å². The van der Waals surface area contributed by atoms with Crippen molar-refractivity contribution >= 4 is 38.8 Å². The number of nitrogens with two attached hydrogens (primary N) is 1. The van der Waals surface area contributed by atoms with Crippen molar-refractivity contribution in [3.8, 4) is 0 Å². The van der Waals surface area contributed by atoms with Crippen LogP contribution in [0.4, 0.5) is 22.9 Å². The van der Waals surface area contributed by atoms with Gasteiger partial charge in [-0.2, -0.15) is 0 Å².